The predicted molar refractivity (Wildman–Crippen MR) is 62.3 cm³/mol. The molecule has 84 valence electrons. The standard InChI is InChI=1S/C12H26N2/c1-4-11(13)7-8-14(9-10(2)3)12-5-6-12/h10-12H,4-9,13H2,1-3H3. The molecule has 1 rings (SSSR count). The number of nitrogens with two attached hydrogens (primary N) is 1. The van der Waals surface area contributed by atoms with Gasteiger partial charge in [-0.3, -0.25) is 0 Å². The molecule has 1 fully saturated rings. The summed E-state index contributed by atoms with van der Waals surface area (Å²) in [6.07, 6.45) is 5.10. The maximum absolute atomic E-state index is 5.95. The lowest BCUT2D eigenvalue weighted by Crippen LogP contribution is -2.34. The van der Waals surface area contributed by atoms with E-state index in [1.807, 2.05) is 0 Å². The summed E-state index contributed by atoms with van der Waals surface area (Å²) in [5.41, 5.74) is 5.95. The van der Waals surface area contributed by atoms with Crippen molar-refractivity contribution in [2.75, 3.05) is 13.1 Å². The summed E-state index contributed by atoms with van der Waals surface area (Å²) >= 11 is 0. The molecular formula is C12H26N2. The Labute approximate surface area is 88.8 Å². The smallest absolute Gasteiger partial charge is 0.00965 e. The van der Waals surface area contributed by atoms with Gasteiger partial charge in [0.15, 0.2) is 0 Å². The van der Waals surface area contributed by atoms with E-state index < -0.39 is 0 Å². The third-order valence-corrected chi connectivity index (χ3v) is 2.97. The molecular weight excluding hydrogens is 172 g/mol. The van der Waals surface area contributed by atoms with Crippen molar-refractivity contribution in [2.24, 2.45) is 11.7 Å². The first-order chi connectivity index (χ1) is 6.63. The van der Waals surface area contributed by atoms with Gasteiger partial charge in [0.1, 0.15) is 0 Å². The van der Waals surface area contributed by atoms with Crippen molar-refractivity contribution < 1.29 is 0 Å². The van der Waals surface area contributed by atoms with Crippen LogP contribution in [-0.4, -0.2) is 30.1 Å². The van der Waals surface area contributed by atoms with Crippen LogP contribution in [0.3, 0.4) is 0 Å². The first-order valence-corrected chi connectivity index (χ1v) is 6.13. The summed E-state index contributed by atoms with van der Waals surface area (Å²) in [5, 5.41) is 0. The SMILES string of the molecule is CCC(N)CCN(CC(C)C)C1CC1. The molecule has 0 aromatic rings. The fourth-order valence-corrected chi connectivity index (χ4v) is 1.87. The van der Waals surface area contributed by atoms with Crippen LogP contribution in [0, 0.1) is 5.92 Å². The third kappa shape index (κ3) is 4.43. The van der Waals surface area contributed by atoms with Gasteiger partial charge in [0.05, 0.1) is 0 Å². The second-order valence-electron chi connectivity index (χ2n) is 5.08. The van der Waals surface area contributed by atoms with E-state index in [0.29, 0.717) is 6.04 Å². The lowest BCUT2D eigenvalue weighted by atomic mass is 10.1. The van der Waals surface area contributed by atoms with Crippen LogP contribution in [0.5, 0.6) is 0 Å². The molecule has 1 aliphatic carbocycles. The van der Waals surface area contributed by atoms with Crippen LogP contribution >= 0.6 is 0 Å². The number of hydrogen-bond donors (Lipinski definition) is 1. The van der Waals surface area contributed by atoms with E-state index >= 15 is 0 Å². The van der Waals surface area contributed by atoms with Crippen molar-refractivity contribution in [1.82, 2.24) is 4.90 Å². The van der Waals surface area contributed by atoms with E-state index in [0.717, 1.165) is 18.4 Å². The van der Waals surface area contributed by atoms with Gasteiger partial charge in [-0.2, -0.15) is 0 Å². The van der Waals surface area contributed by atoms with E-state index in [2.05, 4.69) is 25.7 Å². The highest BCUT2D eigenvalue weighted by atomic mass is 15.2. The van der Waals surface area contributed by atoms with Crippen molar-refractivity contribution in [3.05, 3.63) is 0 Å². The van der Waals surface area contributed by atoms with Crippen LogP contribution in [-0.2, 0) is 0 Å². The molecule has 0 radical (unpaired) electrons. The summed E-state index contributed by atoms with van der Waals surface area (Å²) < 4.78 is 0. The molecule has 0 aliphatic heterocycles. The van der Waals surface area contributed by atoms with Crippen LogP contribution in [0.15, 0.2) is 0 Å². The lowest BCUT2D eigenvalue weighted by Gasteiger charge is -2.25. The number of rotatable bonds is 7. The van der Waals surface area contributed by atoms with Gasteiger partial charge >= 0.3 is 0 Å². The second-order valence-corrected chi connectivity index (χ2v) is 5.08. The topological polar surface area (TPSA) is 29.3 Å². The molecule has 0 aromatic heterocycles. The minimum absolute atomic E-state index is 0.406. The molecule has 0 heterocycles. The summed E-state index contributed by atoms with van der Waals surface area (Å²) in [7, 11) is 0. The lowest BCUT2D eigenvalue weighted by molar-refractivity contribution is 0.225. The number of nitrogens with zero attached hydrogens (tertiary/aromatic N) is 1. The van der Waals surface area contributed by atoms with Crippen LogP contribution in [0.1, 0.15) is 46.5 Å². The highest BCUT2D eigenvalue weighted by molar-refractivity contribution is 4.85. The molecule has 1 saturated carbocycles. The Kier molecular flexibility index (Phi) is 4.90. The van der Waals surface area contributed by atoms with Crippen molar-refractivity contribution in [1.29, 1.82) is 0 Å². The Hall–Kier alpha value is -0.0800. The average Bonchev–Trinajstić information content (AvgIpc) is 2.94. The summed E-state index contributed by atoms with van der Waals surface area (Å²) in [4.78, 5) is 2.64. The van der Waals surface area contributed by atoms with Crippen molar-refractivity contribution in [2.45, 2.75) is 58.5 Å². The molecule has 2 N–H and O–H groups in total. The van der Waals surface area contributed by atoms with Crippen molar-refractivity contribution in [3.63, 3.8) is 0 Å². The maximum atomic E-state index is 5.95. The summed E-state index contributed by atoms with van der Waals surface area (Å²) in [5.74, 6) is 0.786. The average molecular weight is 198 g/mol. The van der Waals surface area contributed by atoms with Gasteiger partial charge in [-0.1, -0.05) is 20.8 Å². The van der Waals surface area contributed by atoms with E-state index in [9.17, 15) is 0 Å². The van der Waals surface area contributed by atoms with Crippen LogP contribution in [0.2, 0.25) is 0 Å². The molecule has 0 amide bonds. The van der Waals surface area contributed by atoms with Gasteiger partial charge in [0, 0.05) is 18.6 Å². The highest BCUT2D eigenvalue weighted by Crippen LogP contribution is 2.27. The van der Waals surface area contributed by atoms with Gasteiger partial charge in [-0.05, 0) is 38.1 Å². The highest BCUT2D eigenvalue weighted by Gasteiger charge is 2.28. The predicted octanol–water partition coefficient (Wildman–Crippen LogP) is 2.23. The zero-order chi connectivity index (χ0) is 10.6. The molecule has 2 nitrogen and oxygen atoms in total. The van der Waals surface area contributed by atoms with Crippen molar-refractivity contribution in [3.8, 4) is 0 Å². The molecule has 1 unspecified atom stereocenters. The molecule has 2 heteroatoms. The fraction of sp³-hybridized carbons (Fsp3) is 1.00. The molecule has 1 atom stereocenters. The van der Waals surface area contributed by atoms with Crippen molar-refractivity contribution >= 4 is 0 Å². The molecule has 1 aliphatic rings. The van der Waals surface area contributed by atoms with E-state index in [4.69, 9.17) is 5.73 Å². The second kappa shape index (κ2) is 5.72. The van der Waals surface area contributed by atoms with Gasteiger partial charge in [-0.15, -0.1) is 0 Å². The largest absolute Gasteiger partial charge is 0.328 e. The molecule has 0 spiro atoms. The quantitative estimate of drug-likeness (QED) is 0.680. The normalized spacial score (nSPS) is 19.3. The third-order valence-electron chi connectivity index (χ3n) is 2.97. The van der Waals surface area contributed by atoms with Gasteiger partial charge in [0.25, 0.3) is 0 Å². The van der Waals surface area contributed by atoms with Gasteiger partial charge in [-0.25, -0.2) is 0 Å². The monoisotopic (exact) mass is 198 g/mol. The van der Waals surface area contributed by atoms with Gasteiger partial charge in [0.2, 0.25) is 0 Å². The fourth-order valence-electron chi connectivity index (χ4n) is 1.87. The van der Waals surface area contributed by atoms with Crippen LogP contribution in [0.4, 0.5) is 0 Å². The maximum Gasteiger partial charge on any atom is 0.00965 e. The van der Waals surface area contributed by atoms with E-state index in [1.54, 1.807) is 0 Å². The zero-order valence-electron chi connectivity index (χ0n) is 10.00. The Bertz CT molecular complexity index is 152. The van der Waals surface area contributed by atoms with Crippen LogP contribution in [0.25, 0.3) is 0 Å². The molecule has 0 aromatic carbocycles. The van der Waals surface area contributed by atoms with E-state index in [-0.39, 0.29) is 0 Å². The minimum atomic E-state index is 0.406. The molecule has 14 heavy (non-hydrogen) atoms. The van der Waals surface area contributed by atoms with E-state index in [1.165, 1.54) is 32.4 Å². The summed E-state index contributed by atoms with van der Waals surface area (Å²) in [6, 6.07) is 1.30. The Morgan fingerprint density at radius 2 is 2.00 bits per heavy atom. The zero-order valence-corrected chi connectivity index (χ0v) is 10.00. The Morgan fingerprint density at radius 1 is 1.36 bits per heavy atom. The Morgan fingerprint density at radius 3 is 2.43 bits per heavy atom. The summed E-state index contributed by atoms with van der Waals surface area (Å²) in [6.45, 7) is 9.23. The first-order valence-electron chi connectivity index (χ1n) is 6.13. The van der Waals surface area contributed by atoms with Gasteiger partial charge < -0.3 is 10.6 Å². The minimum Gasteiger partial charge on any atom is -0.328 e. The number of hydrogen-bond acceptors (Lipinski definition) is 2. The van der Waals surface area contributed by atoms with Crippen LogP contribution < -0.4 is 5.73 Å². The molecule has 0 saturated heterocycles. The molecule has 0 bridgehead atoms. The first kappa shape index (κ1) is 12.0. The Balaban J connectivity index is 2.21.